The number of benzene rings is 1. The summed E-state index contributed by atoms with van der Waals surface area (Å²) in [7, 11) is 0. The molecule has 5 heteroatoms. The van der Waals surface area contributed by atoms with Crippen LogP contribution in [-0.2, 0) is 4.79 Å². The predicted molar refractivity (Wildman–Crippen MR) is 99.6 cm³/mol. The summed E-state index contributed by atoms with van der Waals surface area (Å²) in [6, 6.07) is 8.86. The molecular formula is C22H20BrFN2O. The molecule has 5 aliphatic carbocycles. The number of rotatable bonds is 3. The fourth-order valence-corrected chi connectivity index (χ4v) is 7.30. The first-order chi connectivity index (χ1) is 12.9. The maximum atomic E-state index is 14.6. The largest absolute Gasteiger partial charge is 0.299 e. The van der Waals surface area contributed by atoms with Crippen molar-refractivity contribution >= 4 is 21.7 Å². The number of nitriles is 2. The van der Waals surface area contributed by atoms with Crippen LogP contribution in [0.1, 0.15) is 50.0 Å². The molecule has 1 aromatic carbocycles. The van der Waals surface area contributed by atoms with Gasteiger partial charge in [0.2, 0.25) is 0 Å². The van der Waals surface area contributed by atoms with Gasteiger partial charge in [-0.3, -0.25) is 4.79 Å². The van der Waals surface area contributed by atoms with Gasteiger partial charge in [-0.25, -0.2) is 4.39 Å². The number of hydrogen-bond donors (Lipinski definition) is 0. The van der Waals surface area contributed by atoms with E-state index in [4.69, 9.17) is 0 Å². The first-order valence-electron chi connectivity index (χ1n) is 9.74. The van der Waals surface area contributed by atoms with Crippen LogP contribution in [0.4, 0.5) is 4.39 Å². The number of nitrogens with zero attached hydrogens (tertiary/aromatic N) is 2. The second kappa shape index (κ2) is 5.65. The second-order valence-corrected chi connectivity index (χ2v) is 10.2. The number of carbonyl (C=O) groups excluding carboxylic acids is 1. The quantitative estimate of drug-likeness (QED) is 0.673. The zero-order chi connectivity index (χ0) is 19.0. The summed E-state index contributed by atoms with van der Waals surface area (Å²) in [5, 5.41) is 19.6. The fourth-order valence-electron chi connectivity index (χ4n) is 6.97. The molecule has 4 bridgehead atoms. The first-order valence-corrected chi connectivity index (χ1v) is 10.5. The van der Waals surface area contributed by atoms with E-state index in [1.165, 1.54) is 25.3 Å². The van der Waals surface area contributed by atoms with Crippen LogP contribution in [0.2, 0.25) is 0 Å². The van der Waals surface area contributed by atoms with E-state index in [2.05, 4.69) is 28.1 Å². The molecule has 0 amide bonds. The Morgan fingerprint density at radius 3 is 2.11 bits per heavy atom. The topological polar surface area (TPSA) is 64.7 Å². The molecule has 5 saturated carbocycles. The Bertz CT molecular complexity index is 878. The van der Waals surface area contributed by atoms with Crippen LogP contribution in [0.25, 0.3) is 0 Å². The molecule has 0 aromatic heterocycles. The van der Waals surface area contributed by atoms with Crippen molar-refractivity contribution in [1.82, 2.24) is 0 Å². The predicted octanol–water partition coefficient (Wildman–Crippen LogP) is 5.12. The standard InChI is InChI=1S/C22H20BrFN2O/c23-15-1-2-16(17(24)6-15)18-19(22(18,10-25)11-26)20(27)21-7-12-3-13(8-21)5-14(4-12)9-21/h1-2,6,12-14,18-19H,3-5,7-9H2/t12?,13?,14?,18-,19-,21?/m0/s1. The molecular weight excluding hydrogens is 407 g/mol. The van der Waals surface area contributed by atoms with Gasteiger partial charge in [0.05, 0.1) is 18.1 Å². The molecule has 5 aliphatic rings. The van der Waals surface area contributed by atoms with E-state index < -0.39 is 23.1 Å². The van der Waals surface area contributed by atoms with E-state index >= 15 is 0 Å². The Hall–Kier alpha value is -1.72. The molecule has 3 nitrogen and oxygen atoms in total. The summed E-state index contributed by atoms with van der Waals surface area (Å²) in [4.78, 5) is 13.7. The Kier molecular flexibility index (Phi) is 3.63. The molecule has 0 N–H and O–H groups in total. The van der Waals surface area contributed by atoms with Crippen molar-refractivity contribution in [2.45, 2.75) is 44.4 Å². The van der Waals surface area contributed by atoms with Gasteiger partial charge >= 0.3 is 0 Å². The summed E-state index contributed by atoms with van der Waals surface area (Å²) < 4.78 is 15.2. The minimum absolute atomic E-state index is 0.0667. The zero-order valence-electron chi connectivity index (χ0n) is 14.9. The molecule has 2 atom stereocenters. The summed E-state index contributed by atoms with van der Waals surface area (Å²) >= 11 is 3.24. The normalized spacial score (nSPS) is 40.2. The molecule has 138 valence electrons. The van der Waals surface area contributed by atoms with Crippen molar-refractivity contribution in [2.75, 3.05) is 0 Å². The van der Waals surface area contributed by atoms with E-state index in [-0.39, 0.29) is 11.2 Å². The van der Waals surface area contributed by atoms with Gasteiger partial charge < -0.3 is 0 Å². The molecule has 6 rings (SSSR count). The average Bonchev–Trinajstić information content (AvgIpc) is 3.28. The highest BCUT2D eigenvalue weighted by Gasteiger charge is 2.74. The van der Waals surface area contributed by atoms with Crippen molar-refractivity contribution in [2.24, 2.45) is 34.5 Å². The van der Waals surface area contributed by atoms with Gasteiger partial charge in [-0.1, -0.05) is 22.0 Å². The van der Waals surface area contributed by atoms with Crippen LogP contribution in [0.5, 0.6) is 0 Å². The number of halogens is 2. The molecule has 0 heterocycles. The highest BCUT2D eigenvalue weighted by Crippen LogP contribution is 2.70. The molecule has 0 unspecified atom stereocenters. The van der Waals surface area contributed by atoms with Crippen LogP contribution >= 0.6 is 15.9 Å². The number of hydrogen-bond acceptors (Lipinski definition) is 3. The lowest BCUT2D eigenvalue weighted by molar-refractivity contribution is -0.145. The third kappa shape index (κ3) is 2.31. The van der Waals surface area contributed by atoms with Gasteiger partial charge in [-0.05, 0) is 74.0 Å². The minimum Gasteiger partial charge on any atom is -0.299 e. The number of carbonyl (C=O) groups is 1. The third-order valence-corrected chi connectivity index (χ3v) is 8.21. The second-order valence-electron chi connectivity index (χ2n) is 9.28. The molecule has 27 heavy (non-hydrogen) atoms. The molecule has 1 aromatic rings. The van der Waals surface area contributed by atoms with Crippen molar-refractivity contribution in [3.05, 3.63) is 34.1 Å². The smallest absolute Gasteiger partial charge is 0.161 e. The maximum absolute atomic E-state index is 14.6. The van der Waals surface area contributed by atoms with E-state index in [0.29, 0.717) is 27.8 Å². The molecule has 5 fully saturated rings. The van der Waals surface area contributed by atoms with Crippen molar-refractivity contribution in [3.63, 3.8) is 0 Å². The fraction of sp³-hybridized carbons (Fsp3) is 0.591. The summed E-state index contributed by atoms with van der Waals surface area (Å²) in [5.74, 6) is 0.101. The van der Waals surface area contributed by atoms with Crippen molar-refractivity contribution in [3.8, 4) is 12.1 Å². The molecule has 0 aliphatic heterocycles. The highest BCUT2D eigenvalue weighted by atomic mass is 79.9. The SMILES string of the molecule is N#CC1(C#N)[C@H](C(=O)C23CC4CC(CC(C4)C2)C3)[C@@H]1c1ccc(Br)cc1F. The van der Waals surface area contributed by atoms with Crippen LogP contribution in [0, 0.1) is 63.0 Å². The van der Waals surface area contributed by atoms with E-state index in [1.807, 2.05) is 0 Å². The third-order valence-electron chi connectivity index (χ3n) is 7.72. The van der Waals surface area contributed by atoms with Crippen molar-refractivity contribution in [1.29, 1.82) is 10.5 Å². The van der Waals surface area contributed by atoms with Crippen molar-refractivity contribution < 1.29 is 9.18 Å². The molecule has 0 saturated heterocycles. The van der Waals surface area contributed by atoms with Gasteiger partial charge in [-0.15, -0.1) is 0 Å². The molecule has 0 spiro atoms. The summed E-state index contributed by atoms with van der Waals surface area (Å²) in [6.45, 7) is 0. The highest BCUT2D eigenvalue weighted by molar-refractivity contribution is 9.10. The van der Waals surface area contributed by atoms with Crippen LogP contribution in [0.15, 0.2) is 22.7 Å². The van der Waals surface area contributed by atoms with Crippen LogP contribution in [-0.4, -0.2) is 5.78 Å². The lowest BCUT2D eigenvalue weighted by Crippen LogP contribution is -2.50. The lowest BCUT2D eigenvalue weighted by atomic mass is 9.48. The maximum Gasteiger partial charge on any atom is 0.161 e. The number of ketones is 1. The summed E-state index contributed by atoms with van der Waals surface area (Å²) in [6.07, 6.45) is 6.38. The lowest BCUT2D eigenvalue weighted by Gasteiger charge is -2.56. The van der Waals surface area contributed by atoms with Gasteiger partial charge in [0.15, 0.2) is 5.41 Å². The van der Waals surface area contributed by atoms with E-state index in [1.54, 1.807) is 12.1 Å². The van der Waals surface area contributed by atoms with Crippen LogP contribution < -0.4 is 0 Å². The summed E-state index contributed by atoms with van der Waals surface area (Å²) in [5.41, 5.74) is -1.47. The van der Waals surface area contributed by atoms with Gasteiger partial charge in [0.25, 0.3) is 0 Å². The van der Waals surface area contributed by atoms with Gasteiger partial charge in [0.1, 0.15) is 11.6 Å². The van der Waals surface area contributed by atoms with E-state index in [9.17, 15) is 19.7 Å². The Morgan fingerprint density at radius 2 is 1.63 bits per heavy atom. The Morgan fingerprint density at radius 1 is 1.07 bits per heavy atom. The first kappa shape index (κ1) is 17.4. The zero-order valence-corrected chi connectivity index (χ0v) is 16.5. The number of Topliss-reactive ketones (excluding diaryl/α,β-unsaturated/α-hetero) is 1. The Balaban J connectivity index is 1.53. The van der Waals surface area contributed by atoms with Gasteiger partial charge in [-0.2, -0.15) is 10.5 Å². The van der Waals surface area contributed by atoms with Crippen LogP contribution in [0.3, 0.4) is 0 Å². The Labute approximate surface area is 166 Å². The molecule has 0 radical (unpaired) electrons. The van der Waals surface area contributed by atoms with Gasteiger partial charge in [0, 0.05) is 15.8 Å². The minimum atomic E-state index is -1.42. The average molecular weight is 427 g/mol. The van der Waals surface area contributed by atoms with E-state index in [0.717, 1.165) is 19.3 Å². The monoisotopic (exact) mass is 426 g/mol.